The van der Waals surface area contributed by atoms with Crippen molar-refractivity contribution in [3.63, 3.8) is 0 Å². The second kappa shape index (κ2) is 9.13. The standard InChI is InChI=1S/2C3H4N2.H2O3Si/c2*1-2-5-3-4-1;1-4(2)3/h2*1-3H,(H,4,5);1-2H. The van der Waals surface area contributed by atoms with Crippen LogP contribution in [-0.4, -0.2) is 38.7 Å². The average Bonchev–Trinajstić information content (AvgIpc) is 2.83. The van der Waals surface area contributed by atoms with Gasteiger partial charge in [-0.3, -0.25) is 4.46 Å². The Morgan fingerprint density at radius 2 is 1.36 bits per heavy atom. The summed E-state index contributed by atoms with van der Waals surface area (Å²) in [6.45, 7) is 0. The van der Waals surface area contributed by atoms with Gasteiger partial charge in [0.05, 0.1) is 12.7 Å². The number of nitrogens with one attached hydrogen (secondary N) is 2. The lowest BCUT2D eigenvalue weighted by molar-refractivity contribution is 0.330. The number of aromatic amines is 2. The van der Waals surface area contributed by atoms with Crippen molar-refractivity contribution in [2.24, 2.45) is 0 Å². The lowest BCUT2D eigenvalue weighted by Gasteiger charge is -1.55. The lowest BCUT2D eigenvalue weighted by Crippen LogP contribution is -1.90. The molecule has 14 heavy (non-hydrogen) atoms. The molecule has 0 unspecified atom stereocenters. The minimum atomic E-state index is -3.13. The van der Waals surface area contributed by atoms with Crippen molar-refractivity contribution in [2.75, 3.05) is 0 Å². The first-order valence-electron chi connectivity index (χ1n) is 3.51. The Balaban J connectivity index is 0.000000183. The van der Waals surface area contributed by atoms with Crippen LogP contribution in [0.15, 0.2) is 37.4 Å². The molecule has 0 fully saturated rings. The van der Waals surface area contributed by atoms with Crippen LogP contribution in [0.1, 0.15) is 0 Å². The summed E-state index contributed by atoms with van der Waals surface area (Å²) in [6, 6.07) is 0. The fourth-order valence-electron chi connectivity index (χ4n) is 0.430. The summed E-state index contributed by atoms with van der Waals surface area (Å²) >= 11 is 0. The van der Waals surface area contributed by atoms with E-state index in [1.54, 1.807) is 37.4 Å². The van der Waals surface area contributed by atoms with Crippen LogP contribution in [0.3, 0.4) is 0 Å². The van der Waals surface area contributed by atoms with Gasteiger partial charge in [0, 0.05) is 24.8 Å². The van der Waals surface area contributed by atoms with Crippen molar-refractivity contribution in [3.8, 4) is 0 Å². The van der Waals surface area contributed by atoms with Gasteiger partial charge in [0.1, 0.15) is 0 Å². The van der Waals surface area contributed by atoms with Gasteiger partial charge in [-0.2, -0.15) is 0 Å². The summed E-state index contributed by atoms with van der Waals surface area (Å²) in [6.07, 6.45) is 10.2. The largest absolute Gasteiger partial charge is 0.761 e. The van der Waals surface area contributed by atoms with Gasteiger partial charge in [0.25, 0.3) is 0 Å². The normalized spacial score (nSPS) is 7.43. The minimum Gasteiger partial charge on any atom is -0.511 e. The van der Waals surface area contributed by atoms with Crippen molar-refractivity contribution in [1.29, 1.82) is 0 Å². The van der Waals surface area contributed by atoms with Gasteiger partial charge >= 0.3 is 9.17 Å². The molecule has 0 aromatic carbocycles. The van der Waals surface area contributed by atoms with E-state index in [9.17, 15) is 0 Å². The number of rotatable bonds is 0. The summed E-state index contributed by atoms with van der Waals surface area (Å²) in [5, 5.41) is 0. The quantitative estimate of drug-likeness (QED) is 0.429. The first kappa shape index (κ1) is 12.0. The van der Waals surface area contributed by atoms with Gasteiger partial charge in [-0.15, -0.1) is 0 Å². The van der Waals surface area contributed by atoms with Crippen LogP contribution in [0.4, 0.5) is 0 Å². The van der Waals surface area contributed by atoms with Crippen LogP contribution in [-0.2, 0) is 4.46 Å². The highest BCUT2D eigenvalue weighted by Gasteiger charge is 1.85. The number of hydrogen-bond donors (Lipinski definition) is 4. The summed E-state index contributed by atoms with van der Waals surface area (Å²) in [7, 11) is -3.13. The SMILES string of the molecule is O=[Si](O)O.c1c[nH]cn1.c1c[nH]cn1. The highest BCUT2D eigenvalue weighted by atomic mass is 28.3. The third kappa shape index (κ3) is 12.7. The van der Waals surface area contributed by atoms with Gasteiger partial charge in [0.15, 0.2) is 0 Å². The van der Waals surface area contributed by atoms with Crippen molar-refractivity contribution in [1.82, 2.24) is 19.9 Å². The fraction of sp³-hybridized carbons (Fsp3) is 0. The van der Waals surface area contributed by atoms with Gasteiger partial charge in [-0.05, 0) is 0 Å². The van der Waals surface area contributed by atoms with Crippen LogP contribution >= 0.6 is 0 Å². The molecule has 0 radical (unpaired) electrons. The van der Waals surface area contributed by atoms with E-state index in [4.69, 9.17) is 14.1 Å². The molecule has 2 rings (SSSR count). The molecular formula is C6H10N4O3Si. The third-order valence-electron chi connectivity index (χ3n) is 0.812. The maximum absolute atomic E-state index is 8.74. The molecule has 0 aliphatic heterocycles. The molecule has 2 aromatic rings. The van der Waals surface area contributed by atoms with Gasteiger partial charge < -0.3 is 19.6 Å². The zero-order valence-corrected chi connectivity index (χ0v) is 8.16. The van der Waals surface area contributed by atoms with Crippen LogP contribution in [0.2, 0.25) is 0 Å². The van der Waals surface area contributed by atoms with E-state index in [0.29, 0.717) is 0 Å². The Morgan fingerprint density at radius 1 is 1.00 bits per heavy atom. The Labute approximate surface area is 81.4 Å². The van der Waals surface area contributed by atoms with Crippen molar-refractivity contribution in [2.45, 2.75) is 0 Å². The van der Waals surface area contributed by atoms with E-state index in [0.717, 1.165) is 0 Å². The maximum atomic E-state index is 8.74. The smallest absolute Gasteiger partial charge is 0.511 e. The summed E-state index contributed by atoms with van der Waals surface area (Å²) in [4.78, 5) is 27.1. The Bertz CT molecular complexity index is 232. The number of hydrogen-bond acceptors (Lipinski definition) is 3. The first-order valence-corrected chi connectivity index (χ1v) is 4.81. The lowest BCUT2D eigenvalue weighted by atomic mass is 11.0. The van der Waals surface area contributed by atoms with Gasteiger partial charge in [-0.25, -0.2) is 9.97 Å². The van der Waals surface area contributed by atoms with Crippen LogP contribution in [0, 0.1) is 0 Å². The molecule has 0 aliphatic rings. The highest BCUT2D eigenvalue weighted by molar-refractivity contribution is 6.22. The van der Waals surface area contributed by atoms with Crippen LogP contribution in [0.5, 0.6) is 0 Å². The topological polar surface area (TPSA) is 115 Å². The van der Waals surface area contributed by atoms with E-state index in [2.05, 4.69) is 19.9 Å². The molecule has 7 nitrogen and oxygen atoms in total. The van der Waals surface area contributed by atoms with Gasteiger partial charge in [-0.1, -0.05) is 0 Å². The Hall–Kier alpha value is -1.96. The van der Waals surface area contributed by atoms with E-state index in [1.807, 2.05) is 0 Å². The van der Waals surface area contributed by atoms with E-state index >= 15 is 0 Å². The Morgan fingerprint density at radius 3 is 1.43 bits per heavy atom. The molecule has 0 bridgehead atoms. The summed E-state index contributed by atoms with van der Waals surface area (Å²) in [5.41, 5.74) is 0. The molecule has 2 heterocycles. The predicted octanol–water partition coefficient (Wildman–Crippen LogP) is -0.794. The number of aromatic nitrogens is 4. The molecule has 4 N–H and O–H groups in total. The van der Waals surface area contributed by atoms with Crippen molar-refractivity contribution >= 4 is 9.17 Å². The second-order valence-corrected chi connectivity index (χ2v) is 2.37. The summed E-state index contributed by atoms with van der Waals surface area (Å²) < 4.78 is 8.74. The number of nitrogens with zero attached hydrogens (tertiary/aromatic N) is 2. The first-order chi connectivity index (χ1) is 6.73. The molecule has 0 atom stereocenters. The summed E-state index contributed by atoms with van der Waals surface area (Å²) in [5.74, 6) is 0. The highest BCUT2D eigenvalue weighted by Crippen LogP contribution is 1.63. The average molecular weight is 214 g/mol. The minimum absolute atomic E-state index is 1.62. The van der Waals surface area contributed by atoms with E-state index < -0.39 is 9.17 Å². The van der Waals surface area contributed by atoms with Gasteiger partial charge in [0.2, 0.25) is 0 Å². The van der Waals surface area contributed by atoms with Crippen LogP contribution in [0.25, 0.3) is 0 Å². The fourth-order valence-corrected chi connectivity index (χ4v) is 0.430. The van der Waals surface area contributed by atoms with Crippen LogP contribution < -0.4 is 0 Å². The molecule has 76 valence electrons. The van der Waals surface area contributed by atoms with E-state index in [1.165, 1.54) is 0 Å². The molecule has 0 amide bonds. The number of imidazole rings is 2. The molecular weight excluding hydrogens is 204 g/mol. The third-order valence-corrected chi connectivity index (χ3v) is 0.812. The molecule has 0 saturated carbocycles. The van der Waals surface area contributed by atoms with Crippen molar-refractivity contribution < 1.29 is 14.1 Å². The van der Waals surface area contributed by atoms with E-state index in [-0.39, 0.29) is 0 Å². The monoisotopic (exact) mass is 214 g/mol. The zero-order valence-electron chi connectivity index (χ0n) is 7.16. The Kier molecular flexibility index (Phi) is 7.85. The molecule has 0 saturated heterocycles. The maximum Gasteiger partial charge on any atom is 0.761 e. The zero-order chi connectivity index (χ0) is 10.6. The predicted molar refractivity (Wildman–Crippen MR) is 48.1 cm³/mol. The second-order valence-electron chi connectivity index (χ2n) is 1.80. The molecule has 8 heteroatoms. The number of H-pyrrole nitrogens is 2. The van der Waals surface area contributed by atoms with Crippen molar-refractivity contribution in [3.05, 3.63) is 37.4 Å². The molecule has 2 aromatic heterocycles. The molecule has 0 aliphatic carbocycles. The molecule has 0 spiro atoms.